The van der Waals surface area contributed by atoms with Gasteiger partial charge in [0.25, 0.3) is 0 Å². The third kappa shape index (κ3) is 3.14. The summed E-state index contributed by atoms with van der Waals surface area (Å²) >= 11 is 0. The average Bonchev–Trinajstić information content (AvgIpc) is 3.10. The van der Waals surface area contributed by atoms with Gasteiger partial charge in [0.2, 0.25) is 0 Å². The quantitative estimate of drug-likeness (QED) is 0.844. The lowest BCUT2D eigenvalue weighted by Crippen LogP contribution is -2.44. The molecule has 0 amide bonds. The highest BCUT2D eigenvalue weighted by Crippen LogP contribution is 2.37. The number of nitrogens with two attached hydrogens (primary N) is 1. The molecule has 2 heterocycles. The van der Waals surface area contributed by atoms with Gasteiger partial charge in [-0.15, -0.1) is 0 Å². The van der Waals surface area contributed by atoms with Crippen molar-refractivity contribution < 1.29 is 0 Å². The van der Waals surface area contributed by atoms with Crippen LogP contribution in [0.5, 0.6) is 0 Å². The standard InChI is InChI=1S/C16H31N3/c17-13-16(7-2-1-3-8-16)14-18-11-6-15(12-18)19-9-4-5-10-19/h15H,1-14,17H2. The molecule has 3 aliphatic rings. The largest absolute Gasteiger partial charge is 0.330 e. The number of likely N-dealkylation sites (tertiary alicyclic amines) is 2. The second-order valence-electron chi connectivity index (χ2n) is 7.19. The fourth-order valence-corrected chi connectivity index (χ4v) is 4.56. The van der Waals surface area contributed by atoms with E-state index in [-0.39, 0.29) is 0 Å². The first-order valence-corrected chi connectivity index (χ1v) is 8.48. The highest BCUT2D eigenvalue weighted by molar-refractivity contribution is 4.92. The van der Waals surface area contributed by atoms with E-state index in [1.165, 1.54) is 84.1 Å². The highest BCUT2D eigenvalue weighted by atomic mass is 15.3. The van der Waals surface area contributed by atoms with E-state index in [9.17, 15) is 0 Å². The Morgan fingerprint density at radius 2 is 1.68 bits per heavy atom. The molecule has 3 fully saturated rings. The van der Waals surface area contributed by atoms with E-state index in [2.05, 4.69) is 9.80 Å². The molecule has 2 N–H and O–H groups in total. The number of hydrogen-bond acceptors (Lipinski definition) is 3. The maximum atomic E-state index is 6.14. The minimum Gasteiger partial charge on any atom is -0.330 e. The molecular formula is C16H31N3. The van der Waals surface area contributed by atoms with E-state index in [0.29, 0.717) is 5.41 Å². The summed E-state index contributed by atoms with van der Waals surface area (Å²) < 4.78 is 0. The molecule has 2 aliphatic heterocycles. The van der Waals surface area contributed by atoms with Crippen molar-refractivity contribution in [1.29, 1.82) is 0 Å². The van der Waals surface area contributed by atoms with Gasteiger partial charge in [0.15, 0.2) is 0 Å². The Morgan fingerprint density at radius 3 is 2.37 bits per heavy atom. The minimum atomic E-state index is 0.456. The molecular weight excluding hydrogens is 234 g/mol. The molecule has 3 heteroatoms. The summed E-state index contributed by atoms with van der Waals surface area (Å²) in [4.78, 5) is 5.46. The van der Waals surface area contributed by atoms with Crippen LogP contribution in [0.15, 0.2) is 0 Å². The van der Waals surface area contributed by atoms with Crippen LogP contribution in [0.1, 0.15) is 51.4 Å². The monoisotopic (exact) mass is 265 g/mol. The summed E-state index contributed by atoms with van der Waals surface area (Å²) in [5.74, 6) is 0. The first kappa shape index (κ1) is 13.8. The van der Waals surface area contributed by atoms with Gasteiger partial charge in [0.05, 0.1) is 0 Å². The van der Waals surface area contributed by atoms with Crippen molar-refractivity contribution >= 4 is 0 Å². The summed E-state index contributed by atoms with van der Waals surface area (Å²) in [6.45, 7) is 7.48. The Hall–Kier alpha value is -0.120. The Labute approximate surface area is 118 Å². The van der Waals surface area contributed by atoms with Gasteiger partial charge in [-0.1, -0.05) is 19.3 Å². The van der Waals surface area contributed by atoms with E-state index in [1.807, 2.05) is 0 Å². The molecule has 0 bridgehead atoms. The molecule has 3 rings (SSSR count). The van der Waals surface area contributed by atoms with Gasteiger partial charge >= 0.3 is 0 Å². The highest BCUT2D eigenvalue weighted by Gasteiger charge is 2.36. The smallest absolute Gasteiger partial charge is 0.0235 e. The van der Waals surface area contributed by atoms with Crippen molar-refractivity contribution in [2.75, 3.05) is 39.3 Å². The van der Waals surface area contributed by atoms with Crippen LogP contribution in [-0.2, 0) is 0 Å². The number of rotatable bonds is 4. The van der Waals surface area contributed by atoms with Crippen molar-refractivity contribution in [3.05, 3.63) is 0 Å². The van der Waals surface area contributed by atoms with E-state index in [1.54, 1.807) is 0 Å². The van der Waals surface area contributed by atoms with Crippen LogP contribution in [0.25, 0.3) is 0 Å². The normalized spacial score (nSPS) is 33.0. The topological polar surface area (TPSA) is 32.5 Å². The second kappa shape index (κ2) is 6.11. The predicted octanol–water partition coefficient (Wildman–Crippen LogP) is 2.07. The van der Waals surface area contributed by atoms with E-state index in [4.69, 9.17) is 5.73 Å². The van der Waals surface area contributed by atoms with Crippen LogP contribution in [0.3, 0.4) is 0 Å². The molecule has 1 atom stereocenters. The lowest BCUT2D eigenvalue weighted by atomic mass is 9.74. The van der Waals surface area contributed by atoms with Gasteiger partial charge in [0, 0.05) is 19.1 Å². The average molecular weight is 265 g/mol. The van der Waals surface area contributed by atoms with Crippen molar-refractivity contribution in [3.63, 3.8) is 0 Å². The third-order valence-corrected chi connectivity index (χ3v) is 5.81. The molecule has 0 aromatic heterocycles. The maximum absolute atomic E-state index is 6.14. The van der Waals surface area contributed by atoms with Gasteiger partial charge in [-0.2, -0.15) is 0 Å². The van der Waals surface area contributed by atoms with Gasteiger partial charge in [-0.25, -0.2) is 0 Å². The summed E-state index contributed by atoms with van der Waals surface area (Å²) in [5.41, 5.74) is 6.59. The van der Waals surface area contributed by atoms with E-state index >= 15 is 0 Å². The molecule has 2 saturated heterocycles. The third-order valence-electron chi connectivity index (χ3n) is 5.81. The van der Waals surface area contributed by atoms with Crippen LogP contribution in [0, 0.1) is 5.41 Å². The van der Waals surface area contributed by atoms with Gasteiger partial charge in [-0.05, 0) is 63.7 Å². The van der Waals surface area contributed by atoms with Crippen molar-refractivity contribution in [2.45, 2.75) is 57.4 Å². The Balaban J connectivity index is 1.52. The SMILES string of the molecule is NCC1(CN2CCC(N3CCCC3)C2)CCCCC1. The van der Waals surface area contributed by atoms with Crippen LogP contribution in [-0.4, -0.2) is 55.1 Å². The zero-order valence-electron chi connectivity index (χ0n) is 12.4. The zero-order chi connectivity index (χ0) is 13.1. The fourth-order valence-electron chi connectivity index (χ4n) is 4.56. The summed E-state index contributed by atoms with van der Waals surface area (Å²) in [7, 11) is 0. The molecule has 0 aromatic carbocycles. The molecule has 3 nitrogen and oxygen atoms in total. The van der Waals surface area contributed by atoms with Crippen LogP contribution in [0.2, 0.25) is 0 Å². The van der Waals surface area contributed by atoms with Crippen LogP contribution < -0.4 is 5.73 Å². The number of nitrogens with zero attached hydrogens (tertiary/aromatic N) is 2. The molecule has 19 heavy (non-hydrogen) atoms. The number of hydrogen-bond donors (Lipinski definition) is 1. The predicted molar refractivity (Wildman–Crippen MR) is 80.2 cm³/mol. The Bertz CT molecular complexity index is 280. The van der Waals surface area contributed by atoms with E-state index in [0.717, 1.165) is 12.6 Å². The molecule has 1 unspecified atom stereocenters. The molecule has 0 radical (unpaired) electrons. The maximum Gasteiger partial charge on any atom is 0.0235 e. The van der Waals surface area contributed by atoms with Crippen molar-refractivity contribution in [3.8, 4) is 0 Å². The van der Waals surface area contributed by atoms with E-state index < -0.39 is 0 Å². The first-order valence-electron chi connectivity index (χ1n) is 8.48. The summed E-state index contributed by atoms with van der Waals surface area (Å²) in [6, 6.07) is 0.848. The van der Waals surface area contributed by atoms with Crippen molar-refractivity contribution in [1.82, 2.24) is 9.80 Å². The van der Waals surface area contributed by atoms with Gasteiger partial charge < -0.3 is 10.6 Å². The van der Waals surface area contributed by atoms with Gasteiger partial charge in [-0.3, -0.25) is 4.90 Å². The Morgan fingerprint density at radius 1 is 0.947 bits per heavy atom. The summed E-state index contributed by atoms with van der Waals surface area (Å²) in [5, 5.41) is 0. The van der Waals surface area contributed by atoms with Gasteiger partial charge in [0.1, 0.15) is 0 Å². The van der Waals surface area contributed by atoms with Crippen LogP contribution >= 0.6 is 0 Å². The molecule has 1 saturated carbocycles. The second-order valence-corrected chi connectivity index (χ2v) is 7.19. The Kier molecular flexibility index (Phi) is 4.45. The minimum absolute atomic E-state index is 0.456. The lowest BCUT2D eigenvalue weighted by molar-refractivity contribution is 0.120. The first-order chi connectivity index (χ1) is 9.31. The van der Waals surface area contributed by atoms with Crippen LogP contribution in [0.4, 0.5) is 0 Å². The lowest BCUT2D eigenvalue weighted by Gasteiger charge is -2.39. The molecule has 1 aliphatic carbocycles. The molecule has 0 spiro atoms. The summed E-state index contributed by atoms with van der Waals surface area (Å²) in [6.07, 6.45) is 11.2. The fraction of sp³-hybridized carbons (Fsp3) is 1.00. The zero-order valence-corrected chi connectivity index (χ0v) is 12.4. The van der Waals surface area contributed by atoms with Crippen molar-refractivity contribution in [2.24, 2.45) is 11.1 Å². The molecule has 110 valence electrons. The molecule has 0 aromatic rings.